The highest BCUT2D eigenvalue weighted by Gasteiger charge is 2.31. The van der Waals surface area contributed by atoms with Gasteiger partial charge in [-0.1, -0.05) is 32.9 Å². The van der Waals surface area contributed by atoms with Gasteiger partial charge in [-0.3, -0.25) is 9.69 Å². The molecular formula is C22H36N4O. The van der Waals surface area contributed by atoms with Crippen LogP contribution in [0.1, 0.15) is 40.2 Å². The lowest BCUT2D eigenvalue weighted by molar-refractivity contribution is -0.135. The molecule has 3 rings (SSSR count). The van der Waals surface area contributed by atoms with Crippen LogP contribution in [0.3, 0.4) is 0 Å². The van der Waals surface area contributed by atoms with E-state index in [-0.39, 0.29) is 17.4 Å². The maximum absolute atomic E-state index is 12.9. The Balaban J connectivity index is 1.54. The van der Waals surface area contributed by atoms with E-state index in [1.807, 2.05) is 4.90 Å². The first kappa shape index (κ1) is 20.2. The summed E-state index contributed by atoms with van der Waals surface area (Å²) in [5.41, 5.74) is 2.80. The lowest BCUT2D eigenvalue weighted by Crippen LogP contribution is -2.61. The zero-order valence-corrected chi connectivity index (χ0v) is 17.7. The molecule has 2 saturated heterocycles. The Morgan fingerprint density at radius 2 is 1.67 bits per heavy atom. The monoisotopic (exact) mass is 372 g/mol. The van der Waals surface area contributed by atoms with Crippen LogP contribution >= 0.6 is 0 Å². The Morgan fingerprint density at radius 1 is 1.04 bits per heavy atom. The summed E-state index contributed by atoms with van der Waals surface area (Å²) in [5, 5.41) is 3.42. The number of amides is 1. The molecule has 1 aromatic rings. The molecule has 2 heterocycles. The molecule has 5 heteroatoms. The lowest BCUT2D eigenvalue weighted by Gasteiger charge is -2.41. The number of rotatable bonds is 3. The minimum absolute atomic E-state index is 0.0567. The highest BCUT2D eigenvalue weighted by Crippen LogP contribution is 2.25. The number of carbonyl (C=O) groups is 1. The van der Waals surface area contributed by atoms with Crippen LogP contribution in [0.4, 0.5) is 5.69 Å². The molecule has 27 heavy (non-hydrogen) atoms. The number of nitrogens with one attached hydrogen (secondary N) is 1. The number of carbonyl (C=O) groups excluding carboxylic acids is 1. The van der Waals surface area contributed by atoms with Gasteiger partial charge in [0.25, 0.3) is 0 Å². The van der Waals surface area contributed by atoms with Gasteiger partial charge in [-0.25, -0.2) is 0 Å². The van der Waals surface area contributed by atoms with E-state index in [9.17, 15) is 4.79 Å². The van der Waals surface area contributed by atoms with Crippen LogP contribution in [0.25, 0.3) is 0 Å². The molecule has 0 aliphatic carbocycles. The van der Waals surface area contributed by atoms with Gasteiger partial charge in [0.15, 0.2) is 0 Å². The van der Waals surface area contributed by atoms with E-state index in [0.717, 1.165) is 45.8 Å². The van der Waals surface area contributed by atoms with Crippen LogP contribution in [-0.2, 0) is 10.2 Å². The molecule has 150 valence electrons. The SMILES string of the molecule is CC(C)N1CCN[C@@H](C(=O)N2CCN(c3ccc(C(C)(C)C)cc3)CC2)C1. The summed E-state index contributed by atoms with van der Waals surface area (Å²) in [6.07, 6.45) is 0. The van der Waals surface area contributed by atoms with Crippen molar-refractivity contribution >= 4 is 11.6 Å². The Morgan fingerprint density at radius 3 is 2.22 bits per heavy atom. The number of anilines is 1. The number of nitrogens with zero attached hydrogens (tertiary/aromatic N) is 3. The Hall–Kier alpha value is -1.59. The van der Waals surface area contributed by atoms with Gasteiger partial charge in [0.2, 0.25) is 5.91 Å². The number of hydrogen-bond acceptors (Lipinski definition) is 4. The molecule has 5 nitrogen and oxygen atoms in total. The zero-order chi connectivity index (χ0) is 19.6. The molecule has 2 aliphatic heterocycles. The standard InChI is InChI=1S/C22H36N4O/c1-17(2)26-11-10-23-20(16-26)21(27)25-14-12-24(13-15-25)19-8-6-18(7-9-19)22(3,4)5/h6-9,17,20,23H,10-16H2,1-5H3/t20-/m1/s1. The fraction of sp³-hybridized carbons (Fsp3) is 0.682. The molecule has 1 atom stereocenters. The molecule has 0 saturated carbocycles. The quantitative estimate of drug-likeness (QED) is 0.884. The predicted molar refractivity (Wildman–Crippen MR) is 112 cm³/mol. The summed E-state index contributed by atoms with van der Waals surface area (Å²) in [7, 11) is 0. The maximum atomic E-state index is 12.9. The van der Waals surface area contributed by atoms with Crippen molar-refractivity contribution in [3.63, 3.8) is 0 Å². The third-order valence-electron chi connectivity index (χ3n) is 5.93. The summed E-state index contributed by atoms with van der Waals surface area (Å²) in [4.78, 5) is 19.8. The average molecular weight is 373 g/mol. The topological polar surface area (TPSA) is 38.8 Å². The van der Waals surface area contributed by atoms with Gasteiger partial charge >= 0.3 is 0 Å². The summed E-state index contributed by atoms with van der Waals surface area (Å²) in [5.74, 6) is 0.267. The van der Waals surface area contributed by atoms with E-state index < -0.39 is 0 Å². The van der Waals surface area contributed by atoms with Crippen LogP contribution in [0.5, 0.6) is 0 Å². The van der Waals surface area contributed by atoms with Crippen LogP contribution in [0.2, 0.25) is 0 Å². The van der Waals surface area contributed by atoms with E-state index in [1.165, 1.54) is 11.3 Å². The van der Waals surface area contributed by atoms with E-state index in [2.05, 4.69) is 74.0 Å². The smallest absolute Gasteiger partial charge is 0.241 e. The Bertz CT molecular complexity index is 627. The van der Waals surface area contributed by atoms with Gasteiger partial charge < -0.3 is 15.1 Å². The van der Waals surface area contributed by atoms with E-state index >= 15 is 0 Å². The third-order valence-corrected chi connectivity index (χ3v) is 5.93. The zero-order valence-electron chi connectivity index (χ0n) is 17.7. The average Bonchev–Trinajstić information content (AvgIpc) is 2.67. The fourth-order valence-corrected chi connectivity index (χ4v) is 3.98. The molecule has 2 fully saturated rings. The largest absolute Gasteiger partial charge is 0.368 e. The molecule has 0 spiro atoms. The van der Waals surface area contributed by atoms with E-state index in [0.29, 0.717) is 6.04 Å². The van der Waals surface area contributed by atoms with Crippen LogP contribution in [0, 0.1) is 0 Å². The Kier molecular flexibility index (Phi) is 6.11. The summed E-state index contributed by atoms with van der Waals surface area (Å²) in [6.45, 7) is 17.3. The molecule has 0 unspecified atom stereocenters. The van der Waals surface area contributed by atoms with E-state index in [4.69, 9.17) is 0 Å². The van der Waals surface area contributed by atoms with Gasteiger partial charge in [-0.15, -0.1) is 0 Å². The van der Waals surface area contributed by atoms with Crippen LogP contribution in [0.15, 0.2) is 24.3 Å². The first-order chi connectivity index (χ1) is 12.8. The van der Waals surface area contributed by atoms with Crippen LogP contribution in [-0.4, -0.2) is 73.6 Å². The van der Waals surface area contributed by atoms with Gasteiger partial charge in [-0.05, 0) is 37.0 Å². The second-order valence-electron chi connectivity index (χ2n) is 9.20. The molecule has 0 aromatic heterocycles. The summed E-state index contributed by atoms with van der Waals surface area (Å²) < 4.78 is 0. The van der Waals surface area contributed by atoms with Crippen molar-refractivity contribution < 1.29 is 4.79 Å². The van der Waals surface area contributed by atoms with Gasteiger partial charge in [0.05, 0.1) is 6.04 Å². The van der Waals surface area contributed by atoms with Crippen molar-refractivity contribution in [1.29, 1.82) is 0 Å². The third kappa shape index (κ3) is 4.82. The molecule has 1 amide bonds. The van der Waals surface area contributed by atoms with Crippen molar-refractivity contribution in [3.8, 4) is 0 Å². The normalized spacial score (nSPS) is 22.4. The molecule has 1 N–H and O–H groups in total. The van der Waals surface area contributed by atoms with Crippen molar-refractivity contribution in [2.24, 2.45) is 0 Å². The highest BCUT2D eigenvalue weighted by atomic mass is 16.2. The molecule has 0 bridgehead atoms. The van der Waals surface area contributed by atoms with Gasteiger partial charge in [0, 0.05) is 57.5 Å². The Labute approximate surface area is 164 Å². The number of piperazine rings is 2. The predicted octanol–water partition coefficient (Wildman–Crippen LogP) is 2.31. The van der Waals surface area contributed by atoms with E-state index in [1.54, 1.807) is 0 Å². The number of benzene rings is 1. The second kappa shape index (κ2) is 8.19. The lowest BCUT2D eigenvalue weighted by atomic mass is 9.87. The molecule has 0 radical (unpaired) electrons. The summed E-state index contributed by atoms with van der Waals surface area (Å²) in [6, 6.07) is 9.36. The van der Waals surface area contributed by atoms with Crippen molar-refractivity contribution in [1.82, 2.24) is 15.1 Å². The minimum Gasteiger partial charge on any atom is -0.368 e. The summed E-state index contributed by atoms with van der Waals surface area (Å²) >= 11 is 0. The van der Waals surface area contributed by atoms with Gasteiger partial charge in [-0.2, -0.15) is 0 Å². The van der Waals surface area contributed by atoms with Crippen molar-refractivity contribution in [3.05, 3.63) is 29.8 Å². The molecule has 2 aliphatic rings. The van der Waals surface area contributed by atoms with Crippen LogP contribution < -0.4 is 10.2 Å². The maximum Gasteiger partial charge on any atom is 0.241 e. The minimum atomic E-state index is -0.0567. The molecular weight excluding hydrogens is 336 g/mol. The van der Waals surface area contributed by atoms with Crippen molar-refractivity contribution in [2.75, 3.05) is 50.7 Å². The highest BCUT2D eigenvalue weighted by molar-refractivity contribution is 5.82. The second-order valence-corrected chi connectivity index (χ2v) is 9.20. The first-order valence-corrected chi connectivity index (χ1v) is 10.4. The fourth-order valence-electron chi connectivity index (χ4n) is 3.98. The first-order valence-electron chi connectivity index (χ1n) is 10.4. The van der Waals surface area contributed by atoms with Gasteiger partial charge in [0.1, 0.15) is 0 Å². The number of hydrogen-bond donors (Lipinski definition) is 1. The van der Waals surface area contributed by atoms with Crippen molar-refractivity contribution in [2.45, 2.75) is 52.1 Å². The molecule has 1 aromatic carbocycles.